The highest BCUT2D eigenvalue weighted by atomic mass is 16.5. The van der Waals surface area contributed by atoms with Crippen LogP contribution in [0, 0.1) is 0 Å². The SMILES string of the molecule is [2H]C([2H])([2H])N1CC[C@]2(c3ccc(OC)c(OC)c3)C=CC(=O)C[C@H]12. The Labute approximate surface area is 129 Å². The quantitative estimate of drug-likeness (QED) is 0.855. The van der Waals surface area contributed by atoms with Gasteiger partial charge in [-0.25, -0.2) is 0 Å². The molecule has 2 atom stereocenters. The van der Waals surface area contributed by atoms with Gasteiger partial charge in [0.05, 0.1) is 14.2 Å². The van der Waals surface area contributed by atoms with Crippen molar-refractivity contribution < 1.29 is 18.4 Å². The van der Waals surface area contributed by atoms with E-state index in [9.17, 15) is 4.79 Å². The van der Waals surface area contributed by atoms with E-state index in [0.29, 0.717) is 24.5 Å². The summed E-state index contributed by atoms with van der Waals surface area (Å²) in [6, 6.07) is 5.26. The van der Waals surface area contributed by atoms with Gasteiger partial charge in [0.15, 0.2) is 17.3 Å². The molecule has 1 aromatic rings. The summed E-state index contributed by atoms with van der Waals surface area (Å²) in [5, 5.41) is 0. The van der Waals surface area contributed by atoms with Crippen molar-refractivity contribution >= 4 is 5.78 Å². The normalized spacial score (nSPS) is 31.2. The number of carbonyl (C=O) groups is 1. The van der Waals surface area contributed by atoms with E-state index in [4.69, 9.17) is 13.6 Å². The first kappa shape index (κ1) is 10.9. The maximum absolute atomic E-state index is 11.9. The first-order valence-electron chi connectivity index (χ1n) is 8.53. The van der Waals surface area contributed by atoms with E-state index in [1.54, 1.807) is 20.3 Å². The molecule has 0 N–H and O–H groups in total. The molecule has 112 valence electrons. The van der Waals surface area contributed by atoms with E-state index in [0.717, 1.165) is 5.56 Å². The second kappa shape index (κ2) is 5.19. The van der Waals surface area contributed by atoms with Crippen LogP contribution >= 0.6 is 0 Å². The molecule has 4 nitrogen and oxygen atoms in total. The molecule has 1 heterocycles. The van der Waals surface area contributed by atoms with Gasteiger partial charge in [-0.05, 0) is 43.7 Å². The Morgan fingerprint density at radius 1 is 1.33 bits per heavy atom. The standard InChI is InChI=1S/C17H21NO3/c1-18-9-8-17(7-6-13(19)11-16(17)18)12-4-5-14(20-2)15(10-12)21-3/h4-7,10,16H,8-9,11H2,1-3H3/t16-,17-/m0/s1/i1D3. The molecule has 4 heteroatoms. The van der Waals surface area contributed by atoms with Gasteiger partial charge in [-0.2, -0.15) is 0 Å². The molecule has 0 spiro atoms. The van der Waals surface area contributed by atoms with E-state index in [-0.39, 0.29) is 18.2 Å². The van der Waals surface area contributed by atoms with Crippen LogP contribution in [-0.4, -0.2) is 44.5 Å². The van der Waals surface area contributed by atoms with Crippen molar-refractivity contribution in [3.05, 3.63) is 35.9 Å². The number of allylic oxidation sites excluding steroid dienone is 1. The molecule has 0 amide bonds. The fourth-order valence-corrected chi connectivity index (χ4v) is 3.45. The number of carbonyl (C=O) groups excluding carboxylic acids is 1. The summed E-state index contributed by atoms with van der Waals surface area (Å²) < 4.78 is 34.0. The molecule has 0 bridgehead atoms. The number of likely N-dealkylation sites (N-methyl/N-ethyl adjacent to an activating group) is 1. The van der Waals surface area contributed by atoms with Crippen molar-refractivity contribution in [1.82, 2.24) is 4.90 Å². The lowest BCUT2D eigenvalue weighted by Crippen LogP contribution is -2.43. The molecular weight excluding hydrogens is 266 g/mol. The fourth-order valence-electron chi connectivity index (χ4n) is 3.45. The zero-order chi connectivity index (χ0) is 17.5. The minimum Gasteiger partial charge on any atom is -0.493 e. The zero-order valence-electron chi connectivity index (χ0n) is 15.3. The summed E-state index contributed by atoms with van der Waals surface area (Å²) in [6.45, 7) is -1.79. The minimum absolute atomic E-state index is 0.0350. The summed E-state index contributed by atoms with van der Waals surface area (Å²) >= 11 is 0. The third kappa shape index (κ3) is 2.14. The summed E-state index contributed by atoms with van der Waals surface area (Å²) in [4.78, 5) is 13.4. The van der Waals surface area contributed by atoms with E-state index < -0.39 is 12.4 Å². The molecule has 3 rings (SSSR count). The van der Waals surface area contributed by atoms with Crippen molar-refractivity contribution in [3.63, 3.8) is 0 Å². The van der Waals surface area contributed by atoms with E-state index in [1.165, 1.54) is 4.90 Å². The number of rotatable bonds is 3. The molecule has 1 saturated heterocycles. The number of benzene rings is 1. The van der Waals surface area contributed by atoms with Crippen LogP contribution in [0.3, 0.4) is 0 Å². The maximum atomic E-state index is 11.9. The first-order valence-corrected chi connectivity index (χ1v) is 7.03. The highest BCUT2D eigenvalue weighted by Gasteiger charge is 2.48. The predicted octanol–water partition coefficient (Wildman–Crippen LogP) is 2.17. The summed E-state index contributed by atoms with van der Waals surface area (Å²) in [5.74, 6) is 1.18. The number of hydrogen-bond donors (Lipinski definition) is 0. The molecule has 0 radical (unpaired) electrons. The van der Waals surface area contributed by atoms with Gasteiger partial charge < -0.3 is 14.4 Å². The van der Waals surface area contributed by atoms with Crippen LogP contribution in [-0.2, 0) is 10.2 Å². The first-order chi connectivity index (χ1) is 11.3. The number of hydrogen-bond acceptors (Lipinski definition) is 4. The second-order valence-corrected chi connectivity index (χ2v) is 5.57. The summed E-state index contributed by atoms with van der Waals surface area (Å²) in [7, 11) is 3.14. The highest BCUT2D eigenvalue weighted by Crippen LogP contribution is 2.46. The second-order valence-electron chi connectivity index (χ2n) is 5.57. The molecule has 0 unspecified atom stereocenters. The van der Waals surface area contributed by atoms with Gasteiger partial charge in [0, 0.05) is 22.0 Å². The van der Waals surface area contributed by atoms with Crippen molar-refractivity contribution in [1.29, 1.82) is 0 Å². The molecular formula is C17H21NO3. The van der Waals surface area contributed by atoms with Crippen LogP contribution in [0.4, 0.5) is 0 Å². The van der Waals surface area contributed by atoms with Crippen LogP contribution in [0.2, 0.25) is 0 Å². The molecule has 21 heavy (non-hydrogen) atoms. The van der Waals surface area contributed by atoms with E-state index in [2.05, 4.69) is 0 Å². The molecule has 2 aliphatic rings. The zero-order valence-corrected chi connectivity index (χ0v) is 12.3. The van der Waals surface area contributed by atoms with Crippen LogP contribution in [0.1, 0.15) is 22.5 Å². The van der Waals surface area contributed by atoms with Gasteiger partial charge in [0.2, 0.25) is 0 Å². The number of nitrogens with zero attached hydrogens (tertiary/aromatic N) is 1. The Hall–Kier alpha value is -1.81. The van der Waals surface area contributed by atoms with Crippen molar-refractivity contribution in [3.8, 4) is 11.5 Å². The van der Waals surface area contributed by atoms with Crippen molar-refractivity contribution in [2.24, 2.45) is 0 Å². The van der Waals surface area contributed by atoms with Gasteiger partial charge in [0.1, 0.15) is 0 Å². The van der Waals surface area contributed by atoms with Crippen molar-refractivity contribution in [2.45, 2.75) is 24.3 Å². The lowest BCUT2D eigenvalue weighted by atomic mass is 9.69. The Morgan fingerprint density at radius 2 is 2.14 bits per heavy atom. The molecule has 1 aliphatic carbocycles. The minimum atomic E-state index is -2.21. The molecule has 0 saturated carbocycles. The van der Waals surface area contributed by atoms with Gasteiger partial charge >= 0.3 is 0 Å². The van der Waals surface area contributed by atoms with Crippen LogP contribution in [0.5, 0.6) is 11.5 Å². The number of ketones is 1. The van der Waals surface area contributed by atoms with Crippen LogP contribution in [0.15, 0.2) is 30.4 Å². The Morgan fingerprint density at radius 3 is 2.86 bits per heavy atom. The largest absolute Gasteiger partial charge is 0.493 e. The lowest BCUT2D eigenvalue weighted by molar-refractivity contribution is -0.116. The van der Waals surface area contributed by atoms with Gasteiger partial charge in [-0.1, -0.05) is 12.1 Å². The Balaban J connectivity index is 2.10. The van der Waals surface area contributed by atoms with E-state index in [1.807, 2.05) is 24.3 Å². The van der Waals surface area contributed by atoms with Gasteiger partial charge in [0.25, 0.3) is 0 Å². The van der Waals surface area contributed by atoms with Crippen LogP contribution in [0.25, 0.3) is 0 Å². The fraction of sp³-hybridized carbons (Fsp3) is 0.471. The third-order valence-electron chi connectivity index (χ3n) is 4.62. The third-order valence-corrected chi connectivity index (χ3v) is 4.62. The lowest BCUT2D eigenvalue weighted by Gasteiger charge is -2.37. The number of methoxy groups -OCH3 is 2. The molecule has 1 aliphatic heterocycles. The molecule has 1 aromatic carbocycles. The average molecular weight is 290 g/mol. The van der Waals surface area contributed by atoms with Gasteiger partial charge in [-0.3, -0.25) is 4.79 Å². The number of ether oxygens (including phenoxy) is 2. The summed E-state index contributed by atoms with van der Waals surface area (Å²) in [5.41, 5.74) is 0.447. The van der Waals surface area contributed by atoms with Crippen molar-refractivity contribution in [2.75, 3.05) is 27.7 Å². The number of fused-ring (bicyclic) bond motifs is 1. The van der Waals surface area contributed by atoms with E-state index >= 15 is 0 Å². The Bertz CT molecular complexity index is 686. The monoisotopic (exact) mass is 290 g/mol. The Kier molecular flexibility index (Phi) is 2.68. The smallest absolute Gasteiger partial charge is 0.161 e. The predicted molar refractivity (Wildman–Crippen MR) is 81.0 cm³/mol. The average Bonchev–Trinajstić information content (AvgIpc) is 2.94. The van der Waals surface area contributed by atoms with Crippen LogP contribution < -0.4 is 9.47 Å². The maximum Gasteiger partial charge on any atom is 0.161 e. The highest BCUT2D eigenvalue weighted by molar-refractivity contribution is 5.92. The topological polar surface area (TPSA) is 38.8 Å². The summed E-state index contributed by atoms with van der Waals surface area (Å²) in [6.07, 6.45) is 4.31. The van der Waals surface area contributed by atoms with Gasteiger partial charge in [-0.15, -0.1) is 0 Å². The molecule has 1 fully saturated rings. The number of likely N-dealkylation sites (tertiary alicyclic amines) is 1. The molecule has 0 aromatic heterocycles.